The topological polar surface area (TPSA) is 61.8 Å². The van der Waals surface area contributed by atoms with Crippen molar-refractivity contribution in [1.29, 1.82) is 0 Å². The van der Waals surface area contributed by atoms with Crippen molar-refractivity contribution in [2.45, 2.75) is 80.6 Å². The normalized spacial score (nSPS) is 18.6. The number of rotatable bonds is 9. The van der Waals surface area contributed by atoms with E-state index in [2.05, 4.69) is 6.92 Å². The number of carbonyl (C=O) groups is 2. The van der Waals surface area contributed by atoms with Gasteiger partial charge in [-0.05, 0) is 65.7 Å². The molecular formula is C22H40O5. The second-order valence-electron chi connectivity index (χ2n) is 9.44. The van der Waals surface area contributed by atoms with Crippen molar-refractivity contribution in [1.82, 2.24) is 0 Å². The van der Waals surface area contributed by atoms with E-state index in [0.29, 0.717) is 19.1 Å². The molecule has 0 unspecified atom stereocenters. The minimum absolute atomic E-state index is 0.0445. The van der Waals surface area contributed by atoms with Crippen LogP contribution >= 0.6 is 0 Å². The van der Waals surface area contributed by atoms with Crippen molar-refractivity contribution >= 4 is 11.9 Å². The van der Waals surface area contributed by atoms with Crippen LogP contribution in [-0.2, 0) is 23.8 Å². The molecule has 0 spiro atoms. The molecule has 0 aromatic heterocycles. The van der Waals surface area contributed by atoms with Crippen molar-refractivity contribution in [3.8, 4) is 0 Å². The summed E-state index contributed by atoms with van der Waals surface area (Å²) in [5.41, 5.74) is -0.562. The van der Waals surface area contributed by atoms with Crippen molar-refractivity contribution in [2.75, 3.05) is 26.4 Å². The van der Waals surface area contributed by atoms with Crippen LogP contribution in [0.1, 0.15) is 80.6 Å². The average molecular weight is 385 g/mol. The molecule has 0 radical (unpaired) electrons. The van der Waals surface area contributed by atoms with Gasteiger partial charge in [0, 0.05) is 0 Å². The van der Waals surface area contributed by atoms with Gasteiger partial charge in [-0.2, -0.15) is 0 Å². The van der Waals surface area contributed by atoms with Gasteiger partial charge < -0.3 is 14.2 Å². The third-order valence-electron chi connectivity index (χ3n) is 6.10. The Hall–Kier alpha value is -1.10. The van der Waals surface area contributed by atoms with Gasteiger partial charge in [-0.1, -0.05) is 20.8 Å². The fourth-order valence-electron chi connectivity index (χ4n) is 2.16. The smallest absolute Gasteiger partial charge is 0.311 e. The first-order valence-electron chi connectivity index (χ1n) is 10.4. The van der Waals surface area contributed by atoms with Gasteiger partial charge in [0.15, 0.2) is 0 Å². The number of hydrogen-bond acceptors (Lipinski definition) is 5. The molecular weight excluding hydrogens is 344 g/mol. The van der Waals surface area contributed by atoms with Gasteiger partial charge in [0.1, 0.15) is 6.61 Å². The van der Waals surface area contributed by atoms with Crippen molar-refractivity contribution in [3.05, 3.63) is 0 Å². The standard InChI is InChI=1S/C12H22O3.C10H18O2/c1-5-11(3,4)10(13)15-9-12(6-2)7-14-8-12;1-4-10(2,3)9(11)12-7-8-5-6-8/h5-9H2,1-4H3;8H,4-7H2,1-3H3. The quantitative estimate of drug-likeness (QED) is 0.536. The van der Waals surface area contributed by atoms with Crippen LogP contribution < -0.4 is 0 Å². The van der Waals surface area contributed by atoms with E-state index in [1.807, 2.05) is 41.5 Å². The highest BCUT2D eigenvalue weighted by Gasteiger charge is 2.39. The third kappa shape index (κ3) is 7.44. The minimum atomic E-state index is -0.362. The Bertz CT molecular complexity index is 481. The number of esters is 2. The summed E-state index contributed by atoms with van der Waals surface area (Å²) in [5.74, 6) is 0.531. The van der Waals surface area contributed by atoms with Gasteiger partial charge in [-0.25, -0.2) is 0 Å². The van der Waals surface area contributed by atoms with E-state index in [-0.39, 0.29) is 28.2 Å². The van der Waals surface area contributed by atoms with E-state index in [1.165, 1.54) is 12.8 Å². The van der Waals surface area contributed by atoms with Crippen molar-refractivity contribution < 1.29 is 23.8 Å². The molecule has 2 aliphatic rings. The monoisotopic (exact) mass is 384 g/mol. The van der Waals surface area contributed by atoms with Crippen LogP contribution in [0.5, 0.6) is 0 Å². The summed E-state index contributed by atoms with van der Waals surface area (Å²) < 4.78 is 15.7. The Morgan fingerprint density at radius 1 is 0.926 bits per heavy atom. The van der Waals surface area contributed by atoms with E-state index in [1.54, 1.807) is 0 Å². The SMILES string of the molecule is CCC(C)(C)C(=O)OCC1CC1.CCC1(COC(=O)C(C)(C)CC)COC1. The first-order valence-corrected chi connectivity index (χ1v) is 10.4. The lowest BCUT2D eigenvalue weighted by Gasteiger charge is -2.40. The summed E-state index contributed by atoms with van der Waals surface area (Å²) in [5, 5.41) is 0. The van der Waals surface area contributed by atoms with Gasteiger partial charge >= 0.3 is 11.9 Å². The van der Waals surface area contributed by atoms with Crippen molar-refractivity contribution in [2.24, 2.45) is 22.2 Å². The zero-order valence-electron chi connectivity index (χ0n) is 18.5. The van der Waals surface area contributed by atoms with Crippen LogP contribution in [0.2, 0.25) is 0 Å². The average Bonchev–Trinajstić information content (AvgIpc) is 3.43. The lowest BCUT2D eigenvalue weighted by molar-refractivity contribution is -0.178. The molecule has 1 saturated heterocycles. The molecule has 0 aromatic rings. The van der Waals surface area contributed by atoms with Gasteiger partial charge in [-0.15, -0.1) is 0 Å². The lowest BCUT2D eigenvalue weighted by Crippen LogP contribution is -2.47. The predicted molar refractivity (Wildman–Crippen MR) is 106 cm³/mol. The molecule has 1 aliphatic carbocycles. The predicted octanol–water partition coefficient (Wildman–Crippen LogP) is 4.77. The van der Waals surface area contributed by atoms with Gasteiger partial charge in [-0.3, -0.25) is 9.59 Å². The van der Waals surface area contributed by atoms with Crippen molar-refractivity contribution in [3.63, 3.8) is 0 Å². The Labute approximate surface area is 165 Å². The van der Waals surface area contributed by atoms with E-state index in [4.69, 9.17) is 14.2 Å². The van der Waals surface area contributed by atoms with Crippen LogP contribution in [0.25, 0.3) is 0 Å². The molecule has 0 amide bonds. The summed E-state index contributed by atoms with van der Waals surface area (Å²) in [7, 11) is 0. The molecule has 2 rings (SSSR count). The zero-order chi connectivity index (χ0) is 20.7. The third-order valence-corrected chi connectivity index (χ3v) is 6.10. The molecule has 0 bridgehead atoms. The van der Waals surface area contributed by atoms with Gasteiger partial charge in [0.2, 0.25) is 0 Å². The van der Waals surface area contributed by atoms with Crippen LogP contribution in [-0.4, -0.2) is 38.4 Å². The van der Waals surface area contributed by atoms with Crippen LogP contribution in [0.3, 0.4) is 0 Å². The maximum Gasteiger partial charge on any atom is 0.311 e. The van der Waals surface area contributed by atoms with Crippen LogP contribution in [0, 0.1) is 22.2 Å². The molecule has 27 heavy (non-hydrogen) atoms. The Balaban J connectivity index is 0.000000277. The van der Waals surface area contributed by atoms with Crippen LogP contribution in [0.15, 0.2) is 0 Å². The Kier molecular flexibility index (Phi) is 8.78. The molecule has 1 saturated carbocycles. The van der Waals surface area contributed by atoms with E-state index in [0.717, 1.165) is 32.5 Å². The summed E-state index contributed by atoms with van der Waals surface area (Å²) in [6.45, 7) is 16.4. The molecule has 0 aromatic carbocycles. The second-order valence-corrected chi connectivity index (χ2v) is 9.44. The maximum atomic E-state index is 11.7. The maximum absolute atomic E-state index is 11.7. The number of ether oxygens (including phenoxy) is 3. The first kappa shape index (κ1) is 23.9. The molecule has 5 nitrogen and oxygen atoms in total. The Morgan fingerprint density at radius 3 is 1.74 bits per heavy atom. The van der Waals surface area contributed by atoms with E-state index in [9.17, 15) is 9.59 Å². The lowest BCUT2D eigenvalue weighted by atomic mass is 9.84. The number of hydrogen-bond donors (Lipinski definition) is 0. The summed E-state index contributed by atoms with van der Waals surface area (Å²) in [4.78, 5) is 23.1. The molecule has 0 atom stereocenters. The highest BCUT2D eigenvalue weighted by atomic mass is 16.5. The Morgan fingerprint density at radius 2 is 1.41 bits per heavy atom. The van der Waals surface area contributed by atoms with Gasteiger partial charge in [0.05, 0.1) is 36.1 Å². The largest absolute Gasteiger partial charge is 0.465 e. The highest BCUT2D eigenvalue weighted by Crippen LogP contribution is 2.33. The van der Waals surface area contributed by atoms with E-state index >= 15 is 0 Å². The summed E-state index contributed by atoms with van der Waals surface area (Å²) in [6, 6.07) is 0. The fourth-order valence-corrected chi connectivity index (χ4v) is 2.16. The molecule has 5 heteroatoms. The molecule has 1 heterocycles. The highest BCUT2D eigenvalue weighted by molar-refractivity contribution is 5.76. The summed E-state index contributed by atoms with van der Waals surface area (Å²) in [6.07, 6.45) is 5.13. The summed E-state index contributed by atoms with van der Waals surface area (Å²) >= 11 is 0. The van der Waals surface area contributed by atoms with E-state index < -0.39 is 0 Å². The molecule has 0 N–H and O–H groups in total. The number of carbonyl (C=O) groups excluding carboxylic acids is 2. The molecule has 158 valence electrons. The van der Waals surface area contributed by atoms with Crippen LogP contribution in [0.4, 0.5) is 0 Å². The zero-order valence-corrected chi connectivity index (χ0v) is 18.5. The molecule has 2 fully saturated rings. The minimum Gasteiger partial charge on any atom is -0.465 e. The second kappa shape index (κ2) is 9.90. The molecule has 1 aliphatic heterocycles. The first-order chi connectivity index (χ1) is 12.5. The fraction of sp³-hybridized carbons (Fsp3) is 0.909. The van der Waals surface area contributed by atoms with Gasteiger partial charge in [0.25, 0.3) is 0 Å².